The number of aromatic nitrogens is 1. The summed E-state index contributed by atoms with van der Waals surface area (Å²) in [6.45, 7) is 2.90. The predicted octanol–water partition coefficient (Wildman–Crippen LogP) is 4.62. The molecule has 0 unspecified atom stereocenters. The molecule has 0 saturated carbocycles. The summed E-state index contributed by atoms with van der Waals surface area (Å²) >= 11 is 6.19. The van der Waals surface area contributed by atoms with Crippen molar-refractivity contribution in [1.82, 2.24) is 9.88 Å². The fourth-order valence-corrected chi connectivity index (χ4v) is 3.14. The van der Waals surface area contributed by atoms with Crippen LogP contribution in [0.15, 0.2) is 59.4 Å². The molecule has 0 aliphatic carbocycles. The summed E-state index contributed by atoms with van der Waals surface area (Å²) in [6.07, 6.45) is 1.82. The second-order valence-electron chi connectivity index (χ2n) is 6.27. The van der Waals surface area contributed by atoms with E-state index < -0.39 is 0 Å². The van der Waals surface area contributed by atoms with E-state index in [1.165, 1.54) is 0 Å². The summed E-state index contributed by atoms with van der Waals surface area (Å²) in [5.74, 6) is -0.156. The zero-order chi connectivity index (χ0) is 18.5. The molecule has 5 heteroatoms. The van der Waals surface area contributed by atoms with Crippen LogP contribution in [0.2, 0.25) is 5.02 Å². The van der Waals surface area contributed by atoms with Gasteiger partial charge >= 0.3 is 0 Å². The standard InChI is InChI=1S/C21H21ClN2O2/c1-2-3-12-24(21(26)17-9-5-6-10-18(17)22)14-16-13-15-8-4-7-11-19(15)23-20(16)25/h4-11,13H,2-3,12,14H2,1H3,(H,23,25). The molecule has 3 rings (SSSR count). The number of nitrogens with zero attached hydrogens (tertiary/aromatic N) is 1. The summed E-state index contributed by atoms with van der Waals surface area (Å²) in [7, 11) is 0. The summed E-state index contributed by atoms with van der Waals surface area (Å²) in [4.78, 5) is 30.0. The van der Waals surface area contributed by atoms with Gasteiger partial charge in [0.25, 0.3) is 11.5 Å². The van der Waals surface area contributed by atoms with Gasteiger partial charge in [0.2, 0.25) is 0 Å². The lowest BCUT2D eigenvalue weighted by Gasteiger charge is -2.23. The summed E-state index contributed by atoms with van der Waals surface area (Å²) in [5, 5.41) is 1.37. The van der Waals surface area contributed by atoms with Crippen molar-refractivity contribution in [3.8, 4) is 0 Å². The number of pyridine rings is 1. The Bertz CT molecular complexity index is 981. The van der Waals surface area contributed by atoms with Crippen molar-refractivity contribution in [3.05, 3.63) is 81.1 Å². The maximum atomic E-state index is 13.0. The molecule has 26 heavy (non-hydrogen) atoms. The fourth-order valence-electron chi connectivity index (χ4n) is 2.92. The quantitative estimate of drug-likeness (QED) is 0.690. The van der Waals surface area contributed by atoms with Gasteiger partial charge in [-0.3, -0.25) is 9.59 Å². The molecule has 0 aliphatic rings. The van der Waals surface area contributed by atoms with E-state index in [0.29, 0.717) is 22.7 Å². The van der Waals surface area contributed by atoms with Crippen LogP contribution in [0.5, 0.6) is 0 Å². The van der Waals surface area contributed by atoms with Gasteiger partial charge in [-0.25, -0.2) is 0 Å². The lowest BCUT2D eigenvalue weighted by molar-refractivity contribution is 0.0740. The average molecular weight is 369 g/mol. The van der Waals surface area contributed by atoms with Crippen LogP contribution in [0.1, 0.15) is 35.7 Å². The molecule has 0 bridgehead atoms. The van der Waals surface area contributed by atoms with Crippen LogP contribution in [0.4, 0.5) is 0 Å². The lowest BCUT2D eigenvalue weighted by Crippen LogP contribution is -2.33. The van der Waals surface area contributed by atoms with Gasteiger partial charge in [-0.2, -0.15) is 0 Å². The maximum absolute atomic E-state index is 13.0. The molecule has 0 saturated heterocycles. The zero-order valence-electron chi connectivity index (χ0n) is 14.7. The number of benzene rings is 2. The zero-order valence-corrected chi connectivity index (χ0v) is 15.4. The minimum absolute atomic E-state index is 0.156. The predicted molar refractivity (Wildman–Crippen MR) is 106 cm³/mol. The van der Waals surface area contributed by atoms with Crippen LogP contribution in [0.25, 0.3) is 10.9 Å². The van der Waals surface area contributed by atoms with Crippen molar-refractivity contribution in [2.75, 3.05) is 6.54 Å². The second-order valence-corrected chi connectivity index (χ2v) is 6.68. The van der Waals surface area contributed by atoms with Crippen LogP contribution < -0.4 is 5.56 Å². The van der Waals surface area contributed by atoms with E-state index in [1.54, 1.807) is 29.2 Å². The molecule has 1 N–H and O–H groups in total. The second kappa shape index (κ2) is 8.19. The summed E-state index contributed by atoms with van der Waals surface area (Å²) < 4.78 is 0. The molecule has 0 fully saturated rings. The number of halogens is 1. The van der Waals surface area contributed by atoms with Crippen molar-refractivity contribution >= 4 is 28.4 Å². The first-order valence-electron chi connectivity index (χ1n) is 8.75. The molecular formula is C21H21ClN2O2. The van der Waals surface area contributed by atoms with Crippen LogP contribution in [0.3, 0.4) is 0 Å². The third kappa shape index (κ3) is 3.97. The van der Waals surface area contributed by atoms with Gasteiger partial charge in [-0.1, -0.05) is 55.3 Å². The van der Waals surface area contributed by atoms with Gasteiger partial charge in [0, 0.05) is 17.6 Å². The fraction of sp³-hybridized carbons (Fsp3) is 0.238. The van der Waals surface area contributed by atoms with Gasteiger partial charge in [-0.05, 0) is 36.1 Å². The molecule has 134 valence electrons. The van der Waals surface area contributed by atoms with E-state index in [4.69, 9.17) is 11.6 Å². The molecule has 1 amide bonds. The monoisotopic (exact) mass is 368 g/mol. The number of para-hydroxylation sites is 1. The average Bonchev–Trinajstić information content (AvgIpc) is 2.65. The van der Waals surface area contributed by atoms with Gasteiger partial charge < -0.3 is 9.88 Å². The Balaban J connectivity index is 1.94. The highest BCUT2D eigenvalue weighted by Crippen LogP contribution is 2.19. The van der Waals surface area contributed by atoms with Gasteiger partial charge in [-0.15, -0.1) is 0 Å². The molecule has 4 nitrogen and oxygen atoms in total. The Morgan fingerprint density at radius 1 is 1.12 bits per heavy atom. The van der Waals surface area contributed by atoms with E-state index in [-0.39, 0.29) is 18.0 Å². The number of carbonyl (C=O) groups is 1. The number of H-pyrrole nitrogens is 1. The number of unbranched alkanes of at least 4 members (excludes halogenated alkanes) is 1. The van der Waals surface area contributed by atoms with Crippen molar-refractivity contribution in [2.24, 2.45) is 0 Å². The highest BCUT2D eigenvalue weighted by Gasteiger charge is 2.19. The Labute approximate surface area is 157 Å². The first-order valence-corrected chi connectivity index (χ1v) is 9.12. The molecular weight excluding hydrogens is 348 g/mol. The molecule has 0 radical (unpaired) electrons. The largest absolute Gasteiger partial charge is 0.334 e. The first kappa shape index (κ1) is 18.2. The van der Waals surface area contributed by atoms with E-state index in [2.05, 4.69) is 11.9 Å². The van der Waals surface area contributed by atoms with Crippen LogP contribution in [-0.4, -0.2) is 22.3 Å². The number of aromatic amines is 1. The lowest BCUT2D eigenvalue weighted by atomic mass is 10.1. The smallest absolute Gasteiger partial charge is 0.255 e. The molecule has 1 heterocycles. The van der Waals surface area contributed by atoms with E-state index >= 15 is 0 Å². The number of amides is 1. The molecule has 0 aliphatic heterocycles. The van der Waals surface area contributed by atoms with Crippen molar-refractivity contribution in [3.63, 3.8) is 0 Å². The van der Waals surface area contributed by atoms with Gasteiger partial charge in [0.15, 0.2) is 0 Å². The third-order valence-corrected chi connectivity index (χ3v) is 4.69. The Hall–Kier alpha value is -2.59. The molecule has 2 aromatic carbocycles. The normalized spacial score (nSPS) is 10.8. The first-order chi connectivity index (χ1) is 12.6. The third-order valence-electron chi connectivity index (χ3n) is 4.36. The molecule has 0 atom stereocenters. The number of nitrogens with one attached hydrogen (secondary N) is 1. The number of fused-ring (bicyclic) bond motifs is 1. The minimum Gasteiger partial charge on any atom is -0.334 e. The van der Waals surface area contributed by atoms with Crippen LogP contribution >= 0.6 is 11.6 Å². The van der Waals surface area contributed by atoms with Gasteiger partial charge in [0.05, 0.1) is 17.1 Å². The number of hydrogen-bond acceptors (Lipinski definition) is 2. The van der Waals surface area contributed by atoms with Crippen LogP contribution in [0, 0.1) is 0 Å². The number of hydrogen-bond donors (Lipinski definition) is 1. The maximum Gasteiger partial charge on any atom is 0.255 e. The minimum atomic E-state index is -0.169. The SMILES string of the molecule is CCCCN(Cc1cc2ccccc2[nH]c1=O)C(=O)c1ccccc1Cl. The summed E-state index contributed by atoms with van der Waals surface area (Å²) in [5.41, 5.74) is 1.65. The van der Waals surface area contributed by atoms with Gasteiger partial charge in [0.1, 0.15) is 0 Å². The Morgan fingerprint density at radius 3 is 2.62 bits per heavy atom. The van der Waals surface area contributed by atoms with Crippen molar-refractivity contribution in [2.45, 2.75) is 26.3 Å². The van der Waals surface area contributed by atoms with E-state index in [0.717, 1.165) is 23.7 Å². The number of rotatable bonds is 6. The summed E-state index contributed by atoms with van der Waals surface area (Å²) in [6, 6.07) is 16.5. The molecule has 3 aromatic rings. The highest BCUT2D eigenvalue weighted by molar-refractivity contribution is 6.33. The molecule has 1 aromatic heterocycles. The van der Waals surface area contributed by atoms with Crippen LogP contribution in [-0.2, 0) is 6.54 Å². The highest BCUT2D eigenvalue weighted by atomic mass is 35.5. The van der Waals surface area contributed by atoms with E-state index in [9.17, 15) is 9.59 Å². The van der Waals surface area contributed by atoms with Crippen molar-refractivity contribution in [1.29, 1.82) is 0 Å². The Morgan fingerprint density at radius 2 is 1.85 bits per heavy atom. The number of carbonyl (C=O) groups excluding carboxylic acids is 1. The topological polar surface area (TPSA) is 53.2 Å². The Kier molecular flexibility index (Phi) is 5.74. The molecule has 0 spiro atoms. The van der Waals surface area contributed by atoms with E-state index in [1.807, 2.05) is 30.3 Å². The van der Waals surface area contributed by atoms with Crippen molar-refractivity contribution < 1.29 is 4.79 Å².